The van der Waals surface area contributed by atoms with Gasteiger partial charge in [-0.05, 0) is 19.1 Å². The summed E-state index contributed by atoms with van der Waals surface area (Å²) in [5, 5.41) is 10.6. The van der Waals surface area contributed by atoms with Crippen molar-refractivity contribution in [2.75, 3.05) is 13.2 Å². The van der Waals surface area contributed by atoms with Gasteiger partial charge in [-0.25, -0.2) is 0 Å². The molecule has 1 aliphatic rings. The number of benzene rings is 1. The Kier molecular flexibility index (Phi) is 3.04. The van der Waals surface area contributed by atoms with Crippen LogP contribution in [0.5, 0.6) is 0 Å². The highest BCUT2D eigenvalue weighted by molar-refractivity contribution is 5.74. The molecule has 6 heteroatoms. The zero-order valence-electron chi connectivity index (χ0n) is 10.3. The highest BCUT2D eigenvalue weighted by Crippen LogP contribution is 2.34. The molecule has 2 rings (SSSR count). The molecule has 0 aromatic heterocycles. The Hall–Kier alpha value is -1.95. The molecule has 1 unspecified atom stereocenters. The van der Waals surface area contributed by atoms with Crippen molar-refractivity contribution in [2.45, 2.75) is 19.6 Å². The van der Waals surface area contributed by atoms with E-state index in [0.717, 1.165) is 5.56 Å². The number of ether oxygens (including phenoxy) is 1. The number of nitro groups is 1. The maximum atomic E-state index is 11.5. The second-order valence-electron chi connectivity index (χ2n) is 4.31. The van der Waals surface area contributed by atoms with Gasteiger partial charge >= 0.3 is 0 Å². The van der Waals surface area contributed by atoms with Gasteiger partial charge in [0.15, 0.2) is 5.72 Å². The molecule has 1 atom stereocenters. The van der Waals surface area contributed by atoms with Crippen LogP contribution in [0, 0.1) is 10.1 Å². The number of hydrogen-bond acceptors (Lipinski definition) is 4. The van der Waals surface area contributed by atoms with Crippen molar-refractivity contribution in [2.24, 2.45) is 0 Å². The van der Waals surface area contributed by atoms with E-state index >= 15 is 0 Å². The molecule has 0 bridgehead atoms. The average molecular weight is 250 g/mol. The number of nitro benzene ring substituents is 1. The van der Waals surface area contributed by atoms with Crippen molar-refractivity contribution in [3.63, 3.8) is 0 Å². The Labute approximate surface area is 104 Å². The highest BCUT2D eigenvalue weighted by Gasteiger charge is 2.41. The Bertz CT molecular complexity index is 485. The van der Waals surface area contributed by atoms with Gasteiger partial charge in [0, 0.05) is 31.2 Å². The van der Waals surface area contributed by atoms with Crippen LogP contribution in [-0.2, 0) is 15.3 Å². The van der Waals surface area contributed by atoms with Crippen LogP contribution in [0.2, 0.25) is 0 Å². The van der Waals surface area contributed by atoms with Crippen LogP contribution in [-0.4, -0.2) is 28.9 Å². The molecule has 1 saturated heterocycles. The maximum Gasteiger partial charge on any atom is 0.269 e. The Morgan fingerprint density at radius 2 is 2.06 bits per heavy atom. The summed E-state index contributed by atoms with van der Waals surface area (Å²) >= 11 is 0. The number of amides is 1. The smallest absolute Gasteiger partial charge is 0.269 e. The zero-order valence-corrected chi connectivity index (χ0v) is 10.3. The van der Waals surface area contributed by atoms with Crippen molar-refractivity contribution < 1.29 is 14.5 Å². The van der Waals surface area contributed by atoms with E-state index in [2.05, 4.69) is 0 Å². The number of carbonyl (C=O) groups excluding carboxylic acids is 1. The van der Waals surface area contributed by atoms with Gasteiger partial charge in [0.2, 0.25) is 5.91 Å². The third-order valence-electron chi connectivity index (χ3n) is 3.21. The third kappa shape index (κ3) is 1.95. The van der Waals surface area contributed by atoms with Crippen LogP contribution in [0.25, 0.3) is 0 Å². The minimum atomic E-state index is -0.832. The van der Waals surface area contributed by atoms with Crippen molar-refractivity contribution >= 4 is 11.6 Å². The summed E-state index contributed by atoms with van der Waals surface area (Å²) in [5.41, 5.74) is -0.0726. The molecule has 0 spiro atoms. The van der Waals surface area contributed by atoms with Gasteiger partial charge in [0.1, 0.15) is 0 Å². The number of non-ortho nitro benzene ring substituents is 1. The largest absolute Gasteiger partial charge is 0.350 e. The van der Waals surface area contributed by atoms with Gasteiger partial charge in [0.05, 0.1) is 11.5 Å². The SMILES string of the molecule is CC(=O)N1CCOC1(C)c1ccc([N+](=O)[O-])cc1. The third-order valence-corrected chi connectivity index (χ3v) is 3.21. The van der Waals surface area contributed by atoms with Crippen LogP contribution < -0.4 is 0 Å². The fourth-order valence-corrected chi connectivity index (χ4v) is 2.22. The van der Waals surface area contributed by atoms with Gasteiger partial charge in [-0.2, -0.15) is 0 Å². The molecular weight excluding hydrogens is 236 g/mol. The Morgan fingerprint density at radius 1 is 1.44 bits per heavy atom. The minimum absolute atomic E-state index is 0.0229. The zero-order chi connectivity index (χ0) is 13.3. The molecule has 0 radical (unpaired) electrons. The maximum absolute atomic E-state index is 11.5. The molecule has 0 aliphatic carbocycles. The van der Waals surface area contributed by atoms with E-state index in [0.29, 0.717) is 13.2 Å². The highest BCUT2D eigenvalue weighted by atomic mass is 16.6. The topological polar surface area (TPSA) is 72.7 Å². The summed E-state index contributed by atoms with van der Waals surface area (Å²) in [5.74, 6) is -0.0756. The van der Waals surface area contributed by atoms with E-state index in [1.54, 1.807) is 24.0 Å². The molecule has 1 fully saturated rings. The molecule has 0 saturated carbocycles. The first-order chi connectivity index (χ1) is 8.45. The molecule has 6 nitrogen and oxygen atoms in total. The van der Waals surface area contributed by atoms with Crippen LogP contribution in [0.1, 0.15) is 19.4 Å². The van der Waals surface area contributed by atoms with Gasteiger partial charge in [-0.3, -0.25) is 14.9 Å². The molecule has 1 amide bonds. The number of hydrogen-bond donors (Lipinski definition) is 0. The molecule has 1 aliphatic heterocycles. The molecule has 1 aromatic rings. The van der Waals surface area contributed by atoms with Crippen LogP contribution in [0.3, 0.4) is 0 Å². The van der Waals surface area contributed by atoms with Gasteiger partial charge in [-0.1, -0.05) is 0 Å². The van der Waals surface area contributed by atoms with Crippen LogP contribution in [0.4, 0.5) is 5.69 Å². The second kappa shape index (κ2) is 4.38. The second-order valence-corrected chi connectivity index (χ2v) is 4.31. The molecular formula is C12H14N2O4. The summed E-state index contributed by atoms with van der Waals surface area (Å²) in [6.07, 6.45) is 0. The van der Waals surface area contributed by atoms with Gasteiger partial charge in [0.25, 0.3) is 5.69 Å². The number of nitrogens with zero attached hydrogens (tertiary/aromatic N) is 2. The fourth-order valence-electron chi connectivity index (χ4n) is 2.22. The van der Waals surface area contributed by atoms with E-state index in [1.807, 2.05) is 0 Å². The van der Waals surface area contributed by atoms with E-state index in [-0.39, 0.29) is 11.6 Å². The minimum Gasteiger partial charge on any atom is -0.350 e. The summed E-state index contributed by atoms with van der Waals surface area (Å²) in [7, 11) is 0. The standard InChI is InChI=1S/C12H14N2O4/c1-9(15)13-7-8-18-12(13,2)10-3-5-11(6-4-10)14(16)17/h3-6H,7-8H2,1-2H3. The van der Waals surface area contributed by atoms with Crippen molar-refractivity contribution in [1.82, 2.24) is 4.90 Å². The van der Waals surface area contributed by atoms with Gasteiger partial charge in [-0.15, -0.1) is 0 Å². The molecule has 18 heavy (non-hydrogen) atoms. The van der Waals surface area contributed by atoms with E-state index < -0.39 is 10.6 Å². The summed E-state index contributed by atoms with van der Waals surface area (Å²) < 4.78 is 5.64. The lowest BCUT2D eigenvalue weighted by atomic mass is 10.0. The number of rotatable bonds is 2. The quantitative estimate of drug-likeness (QED) is 0.591. The Morgan fingerprint density at radius 3 is 2.56 bits per heavy atom. The van der Waals surface area contributed by atoms with E-state index in [1.165, 1.54) is 19.1 Å². The summed E-state index contributed by atoms with van der Waals surface area (Å²) in [6, 6.07) is 6.08. The molecule has 1 aromatic carbocycles. The van der Waals surface area contributed by atoms with Crippen molar-refractivity contribution in [3.05, 3.63) is 39.9 Å². The first-order valence-corrected chi connectivity index (χ1v) is 5.62. The lowest BCUT2D eigenvalue weighted by Gasteiger charge is -2.33. The molecule has 96 valence electrons. The Balaban J connectivity index is 2.35. The van der Waals surface area contributed by atoms with Crippen LogP contribution >= 0.6 is 0 Å². The predicted molar refractivity (Wildman–Crippen MR) is 63.8 cm³/mol. The molecule has 0 N–H and O–H groups in total. The normalized spacial score (nSPS) is 23.1. The predicted octanol–water partition coefficient (Wildman–Crippen LogP) is 1.65. The average Bonchev–Trinajstić information content (AvgIpc) is 2.73. The molecule has 1 heterocycles. The van der Waals surface area contributed by atoms with Crippen LogP contribution in [0.15, 0.2) is 24.3 Å². The lowest BCUT2D eigenvalue weighted by molar-refractivity contribution is -0.384. The summed E-state index contributed by atoms with van der Waals surface area (Å²) in [4.78, 5) is 23.3. The number of carbonyl (C=O) groups is 1. The van der Waals surface area contributed by atoms with Crippen molar-refractivity contribution in [1.29, 1.82) is 0 Å². The first-order valence-electron chi connectivity index (χ1n) is 5.62. The summed E-state index contributed by atoms with van der Waals surface area (Å²) in [6.45, 7) is 4.27. The lowest BCUT2D eigenvalue weighted by Crippen LogP contribution is -2.42. The van der Waals surface area contributed by atoms with E-state index in [4.69, 9.17) is 4.74 Å². The van der Waals surface area contributed by atoms with Crippen molar-refractivity contribution in [3.8, 4) is 0 Å². The van der Waals surface area contributed by atoms with Gasteiger partial charge < -0.3 is 9.64 Å². The first kappa shape index (κ1) is 12.5. The monoisotopic (exact) mass is 250 g/mol. The van der Waals surface area contributed by atoms with E-state index in [9.17, 15) is 14.9 Å². The fraction of sp³-hybridized carbons (Fsp3) is 0.417.